The lowest BCUT2D eigenvalue weighted by atomic mass is 9.82. The molecule has 9 aromatic carbocycles. The number of aromatic nitrogens is 1. The van der Waals surface area contributed by atoms with Gasteiger partial charge >= 0.3 is 0 Å². The van der Waals surface area contributed by atoms with E-state index in [1.807, 2.05) is 11.3 Å². The van der Waals surface area contributed by atoms with E-state index < -0.39 is 0 Å². The minimum atomic E-state index is -0.0942. The fraction of sp³-hybridized carbons (Fsp3) is 0.0526. The van der Waals surface area contributed by atoms with E-state index in [0.29, 0.717) is 0 Å². The summed E-state index contributed by atoms with van der Waals surface area (Å²) in [4.78, 5) is 2.43. The molecule has 0 amide bonds. The maximum atomic E-state index is 2.43. The number of rotatable bonds is 6. The van der Waals surface area contributed by atoms with E-state index in [0.717, 1.165) is 17.1 Å². The molecule has 0 bridgehead atoms. The molecule has 60 heavy (non-hydrogen) atoms. The van der Waals surface area contributed by atoms with Gasteiger partial charge in [-0.05, 0) is 99.6 Å². The summed E-state index contributed by atoms with van der Waals surface area (Å²) >= 11 is 1.87. The van der Waals surface area contributed by atoms with Crippen LogP contribution in [0.1, 0.15) is 25.0 Å². The van der Waals surface area contributed by atoms with Crippen molar-refractivity contribution in [3.63, 3.8) is 0 Å². The summed E-state index contributed by atoms with van der Waals surface area (Å²) in [5.41, 5.74) is 17.2. The van der Waals surface area contributed by atoms with Crippen molar-refractivity contribution in [1.82, 2.24) is 4.57 Å². The first-order chi connectivity index (χ1) is 29.5. The maximum Gasteiger partial charge on any atom is 0.0541 e. The summed E-state index contributed by atoms with van der Waals surface area (Å²) < 4.78 is 5.03. The molecule has 2 heterocycles. The topological polar surface area (TPSA) is 8.17 Å². The highest BCUT2D eigenvalue weighted by Gasteiger charge is 2.35. The van der Waals surface area contributed by atoms with E-state index in [1.54, 1.807) is 0 Å². The standard InChI is InChI=1S/C57H40N2S/c1-57(2)50-18-8-3-14-44(50)45-33-31-41(35-51(45)57)58(42-32-34-49-48-17-7-12-22-55(48)60-56(49)36-42)40-29-27-38(28-30-40)37-23-25-39(26-24-37)43-13-4-9-19-52(43)59-53-20-10-5-15-46(53)47-16-6-11-21-54(47)59/h3-36H,1-2H3. The Morgan fingerprint density at radius 3 is 1.65 bits per heavy atom. The number of nitrogens with zero attached hydrogens (tertiary/aromatic N) is 2. The summed E-state index contributed by atoms with van der Waals surface area (Å²) in [6, 6.07) is 76.0. The average molecular weight is 785 g/mol. The van der Waals surface area contributed by atoms with Gasteiger partial charge in [-0.2, -0.15) is 0 Å². The van der Waals surface area contributed by atoms with Crippen molar-refractivity contribution in [3.05, 3.63) is 217 Å². The molecule has 3 heteroatoms. The van der Waals surface area contributed by atoms with E-state index in [-0.39, 0.29) is 5.41 Å². The molecular weight excluding hydrogens is 745 g/mol. The van der Waals surface area contributed by atoms with E-state index >= 15 is 0 Å². The van der Waals surface area contributed by atoms with Crippen molar-refractivity contribution >= 4 is 70.4 Å². The molecule has 2 nitrogen and oxygen atoms in total. The van der Waals surface area contributed by atoms with Gasteiger partial charge in [0.05, 0.1) is 16.7 Å². The smallest absolute Gasteiger partial charge is 0.0541 e. The summed E-state index contributed by atoms with van der Waals surface area (Å²) in [6.45, 7) is 4.72. The molecular formula is C57H40N2S. The Morgan fingerprint density at radius 2 is 0.900 bits per heavy atom. The average Bonchev–Trinajstić information content (AvgIpc) is 3.92. The number of para-hydroxylation sites is 3. The van der Waals surface area contributed by atoms with Crippen molar-refractivity contribution in [3.8, 4) is 39.1 Å². The lowest BCUT2D eigenvalue weighted by molar-refractivity contribution is 0.660. The fourth-order valence-corrected chi connectivity index (χ4v) is 11.0. The fourth-order valence-electron chi connectivity index (χ4n) is 9.87. The van der Waals surface area contributed by atoms with Crippen LogP contribution < -0.4 is 4.90 Å². The van der Waals surface area contributed by atoms with Gasteiger partial charge < -0.3 is 9.47 Å². The number of fused-ring (bicyclic) bond motifs is 9. The van der Waals surface area contributed by atoms with Crippen molar-refractivity contribution in [1.29, 1.82) is 0 Å². The highest BCUT2D eigenvalue weighted by Crippen LogP contribution is 2.51. The second-order valence-electron chi connectivity index (χ2n) is 16.5. The third kappa shape index (κ3) is 5.33. The van der Waals surface area contributed by atoms with Crippen molar-refractivity contribution < 1.29 is 0 Å². The van der Waals surface area contributed by atoms with E-state index in [4.69, 9.17) is 0 Å². The Balaban J connectivity index is 0.925. The van der Waals surface area contributed by atoms with E-state index in [2.05, 4.69) is 230 Å². The first-order valence-corrected chi connectivity index (χ1v) is 21.6. The van der Waals surface area contributed by atoms with Crippen LogP contribution in [-0.4, -0.2) is 4.57 Å². The lowest BCUT2D eigenvalue weighted by Gasteiger charge is -2.28. The molecule has 0 fully saturated rings. The molecule has 284 valence electrons. The normalized spacial score (nSPS) is 13.0. The molecule has 0 N–H and O–H groups in total. The molecule has 0 saturated heterocycles. The minimum absolute atomic E-state index is 0.0942. The predicted octanol–water partition coefficient (Wildman–Crippen LogP) is 16.3. The second kappa shape index (κ2) is 13.4. The van der Waals surface area contributed by atoms with Crippen LogP contribution in [0.15, 0.2) is 206 Å². The largest absolute Gasteiger partial charge is 0.310 e. The Bertz CT molecular complexity index is 3400. The van der Waals surface area contributed by atoms with Gasteiger partial charge in [0.15, 0.2) is 0 Å². The first-order valence-electron chi connectivity index (χ1n) is 20.8. The maximum absolute atomic E-state index is 2.43. The molecule has 0 atom stereocenters. The molecule has 0 spiro atoms. The Labute approximate surface area is 353 Å². The van der Waals surface area contributed by atoms with Crippen LogP contribution in [0.25, 0.3) is 81.0 Å². The van der Waals surface area contributed by atoms with E-state index in [1.165, 1.54) is 92.2 Å². The zero-order valence-corrected chi connectivity index (χ0v) is 34.2. The summed E-state index contributed by atoms with van der Waals surface area (Å²) in [6.07, 6.45) is 0. The van der Waals surface area contributed by atoms with Crippen LogP contribution in [0.5, 0.6) is 0 Å². The second-order valence-corrected chi connectivity index (χ2v) is 17.6. The zero-order chi connectivity index (χ0) is 40.0. The molecule has 0 saturated carbocycles. The number of hydrogen-bond acceptors (Lipinski definition) is 2. The minimum Gasteiger partial charge on any atom is -0.310 e. The van der Waals surface area contributed by atoms with Gasteiger partial charge in [0.1, 0.15) is 0 Å². The van der Waals surface area contributed by atoms with Crippen molar-refractivity contribution in [2.45, 2.75) is 19.3 Å². The molecule has 11 aromatic rings. The summed E-state index contributed by atoms with van der Waals surface area (Å²) in [5.74, 6) is 0. The Kier molecular flexibility index (Phi) is 7.79. The lowest BCUT2D eigenvalue weighted by Crippen LogP contribution is -2.16. The van der Waals surface area contributed by atoms with E-state index in [9.17, 15) is 0 Å². The quantitative estimate of drug-likeness (QED) is 0.163. The number of benzene rings is 9. The van der Waals surface area contributed by atoms with Gasteiger partial charge in [0.2, 0.25) is 0 Å². The van der Waals surface area contributed by atoms with Crippen LogP contribution in [0.3, 0.4) is 0 Å². The molecule has 2 aromatic heterocycles. The third-order valence-corrected chi connectivity index (χ3v) is 14.0. The molecule has 0 unspecified atom stereocenters. The Morgan fingerprint density at radius 1 is 0.383 bits per heavy atom. The van der Waals surface area contributed by atoms with Crippen LogP contribution in [0.2, 0.25) is 0 Å². The first kappa shape index (κ1) is 34.8. The Hall–Kier alpha value is -7.20. The van der Waals surface area contributed by atoms with Gasteiger partial charge in [-0.3, -0.25) is 0 Å². The number of anilines is 3. The summed E-state index contributed by atoms with van der Waals surface area (Å²) in [5, 5.41) is 5.16. The van der Waals surface area contributed by atoms with Gasteiger partial charge in [0, 0.05) is 59.0 Å². The van der Waals surface area contributed by atoms with Crippen LogP contribution in [0.4, 0.5) is 17.1 Å². The van der Waals surface area contributed by atoms with Crippen molar-refractivity contribution in [2.75, 3.05) is 4.90 Å². The van der Waals surface area contributed by atoms with Gasteiger partial charge in [-0.25, -0.2) is 0 Å². The van der Waals surface area contributed by atoms with Gasteiger partial charge in [0.25, 0.3) is 0 Å². The highest BCUT2D eigenvalue weighted by atomic mass is 32.1. The van der Waals surface area contributed by atoms with Crippen LogP contribution in [-0.2, 0) is 5.41 Å². The van der Waals surface area contributed by atoms with Gasteiger partial charge in [-0.1, -0.05) is 159 Å². The third-order valence-electron chi connectivity index (χ3n) is 12.8. The highest BCUT2D eigenvalue weighted by molar-refractivity contribution is 7.25. The monoisotopic (exact) mass is 784 g/mol. The predicted molar refractivity (Wildman–Crippen MR) is 257 cm³/mol. The van der Waals surface area contributed by atoms with Crippen LogP contribution >= 0.6 is 11.3 Å². The van der Waals surface area contributed by atoms with Crippen molar-refractivity contribution in [2.24, 2.45) is 0 Å². The molecule has 0 radical (unpaired) electrons. The molecule has 12 rings (SSSR count). The number of thiophene rings is 1. The van der Waals surface area contributed by atoms with Crippen LogP contribution in [0, 0.1) is 0 Å². The molecule has 1 aliphatic carbocycles. The summed E-state index contributed by atoms with van der Waals surface area (Å²) in [7, 11) is 0. The molecule has 1 aliphatic rings. The van der Waals surface area contributed by atoms with Gasteiger partial charge in [-0.15, -0.1) is 11.3 Å². The SMILES string of the molecule is CC1(C)c2ccccc2-c2ccc(N(c3ccc(-c4ccc(-c5ccccc5-n5c6ccccc6c6ccccc65)cc4)cc3)c3ccc4c(c3)sc3ccccc34)cc21. The zero-order valence-electron chi connectivity index (χ0n) is 33.4. The number of hydrogen-bond donors (Lipinski definition) is 0. The molecule has 0 aliphatic heterocycles.